The van der Waals surface area contributed by atoms with E-state index in [0.29, 0.717) is 0 Å². The van der Waals surface area contributed by atoms with E-state index < -0.39 is 34.3 Å². The summed E-state index contributed by atoms with van der Waals surface area (Å²) in [4.78, 5) is 28.4. The Morgan fingerprint density at radius 1 is 0.921 bits per heavy atom. The van der Waals surface area contributed by atoms with Crippen molar-refractivity contribution in [1.29, 1.82) is 0 Å². The van der Waals surface area contributed by atoms with Crippen LogP contribution < -0.4 is 9.62 Å². The summed E-state index contributed by atoms with van der Waals surface area (Å²) < 4.78 is 41.9. The van der Waals surface area contributed by atoms with Gasteiger partial charge in [-0.1, -0.05) is 61.4 Å². The fourth-order valence-electron chi connectivity index (χ4n) is 4.61. The van der Waals surface area contributed by atoms with Crippen molar-refractivity contribution in [2.24, 2.45) is 0 Å². The van der Waals surface area contributed by atoms with Crippen LogP contribution in [-0.4, -0.2) is 43.8 Å². The molecule has 0 unspecified atom stereocenters. The van der Waals surface area contributed by atoms with Crippen LogP contribution in [0.4, 0.5) is 10.1 Å². The Morgan fingerprint density at radius 3 is 2.11 bits per heavy atom. The van der Waals surface area contributed by atoms with E-state index in [1.165, 1.54) is 29.2 Å². The van der Waals surface area contributed by atoms with Crippen LogP contribution in [0.25, 0.3) is 0 Å². The average Bonchev–Trinajstić information content (AvgIpc) is 3.44. The smallest absolute Gasteiger partial charge is 0.264 e. The zero-order chi connectivity index (χ0) is 27.1. The van der Waals surface area contributed by atoms with Crippen molar-refractivity contribution in [3.05, 3.63) is 96.3 Å². The largest absolute Gasteiger partial charge is 0.352 e. The van der Waals surface area contributed by atoms with Gasteiger partial charge < -0.3 is 10.2 Å². The number of amides is 2. The van der Waals surface area contributed by atoms with Gasteiger partial charge in [-0.15, -0.1) is 0 Å². The van der Waals surface area contributed by atoms with Crippen LogP contribution >= 0.6 is 0 Å². The number of rotatable bonds is 10. The Balaban J connectivity index is 1.65. The van der Waals surface area contributed by atoms with Crippen molar-refractivity contribution in [3.8, 4) is 0 Å². The lowest BCUT2D eigenvalue weighted by molar-refractivity contribution is -0.139. The van der Waals surface area contributed by atoms with Crippen LogP contribution in [-0.2, 0) is 26.2 Å². The fraction of sp³-hybridized carbons (Fsp3) is 0.310. The van der Waals surface area contributed by atoms with Crippen molar-refractivity contribution in [3.63, 3.8) is 0 Å². The lowest BCUT2D eigenvalue weighted by Gasteiger charge is -2.32. The molecule has 0 spiro atoms. The number of nitrogens with zero attached hydrogens (tertiary/aromatic N) is 2. The average molecular weight is 538 g/mol. The fourth-order valence-corrected chi connectivity index (χ4v) is 6.05. The van der Waals surface area contributed by atoms with Crippen LogP contribution in [0.1, 0.15) is 38.2 Å². The molecule has 0 aliphatic heterocycles. The van der Waals surface area contributed by atoms with Crippen LogP contribution in [0.3, 0.4) is 0 Å². The molecule has 2 amide bonds. The molecule has 0 aromatic heterocycles. The van der Waals surface area contributed by atoms with Crippen molar-refractivity contribution in [1.82, 2.24) is 10.2 Å². The summed E-state index contributed by atoms with van der Waals surface area (Å²) >= 11 is 0. The standard InChI is InChI=1S/C29H32FN3O4S/c1-22(29(35)31-25-12-8-9-13-25)32(20-23-10-4-2-5-11-23)28(34)21-33(26-18-16-24(30)17-19-26)38(36,37)27-14-6-3-7-15-27/h2-7,10-11,14-19,22,25H,8-9,12-13,20-21H2,1H3,(H,31,35)/t22-/m0/s1. The Kier molecular flexibility index (Phi) is 8.78. The molecule has 3 aromatic carbocycles. The predicted octanol–water partition coefficient (Wildman–Crippen LogP) is 4.50. The highest BCUT2D eigenvalue weighted by Crippen LogP contribution is 2.25. The third-order valence-electron chi connectivity index (χ3n) is 6.79. The molecule has 9 heteroatoms. The number of sulfonamides is 1. The first-order valence-electron chi connectivity index (χ1n) is 12.7. The van der Waals surface area contributed by atoms with E-state index in [2.05, 4.69) is 5.32 Å². The Labute approximate surface area is 223 Å². The number of halogens is 1. The summed E-state index contributed by atoms with van der Waals surface area (Å²) in [5.74, 6) is -1.35. The first-order valence-corrected chi connectivity index (χ1v) is 14.2. The highest BCUT2D eigenvalue weighted by atomic mass is 32.2. The molecule has 1 saturated carbocycles. The zero-order valence-corrected chi connectivity index (χ0v) is 22.1. The van der Waals surface area contributed by atoms with Gasteiger partial charge in [0.1, 0.15) is 18.4 Å². The summed E-state index contributed by atoms with van der Waals surface area (Å²) in [5.41, 5.74) is 0.951. The SMILES string of the molecule is C[C@@H](C(=O)NC1CCCC1)N(Cc1ccccc1)C(=O)CN(c1ccc(F)cc1)S(=O)(=O)c1ccccc1. The van der Waals surface area contributed by atoms with Crippen molar-refractivity contribution < 1.29 is 22.4 Å². The Bertz CT molecular complexity index is 1330. The molecule has 0 heterocycles. The van der Waals surface area contributed by atoms with Crippen LogP contribution in [0, 0.1) is 5.82 Å². The summed E-state index contributed by atoms with van der Waals surface area (Å²) in [6.07, 6.45) is 3.91. The minimum absolute atomic E-state index is 0.00115. The topological polar surface area (TPSA) is 86.8 Å². The van der Waals surface area contributed by atoms with Crippen LogP contribution in [0.5, 0.6) is 0 Å². The van der Waals surface area contributed by atoms with Crippen molar-refractivity contribution >= 4 is 27.5 Å². The van der Waals surface area contributed by atoms with Gasteiger partial charge in [-0.25, -0.2) is 12.8 Å². The van der Waals surface area contributed by atoms with E-state index in [4.69, 9.17) is 0 Å². The monoisotopic (exact) mass is 537 g/mol. The molecule has 1 atom stereocenters. The maximum Gasteiger partial charge on any atom is 0.264 e. The highest BCUT2D eigenvalue weighted by molar-refractivity contribution is 7.92. The van der Waals surface area contributed by atoms with E-state index in [1.54, 1.807) is 25.1 Å². The second-order valence-electron chi connectivity index (χ2n) is 9.47. The maximum absolute atomic E-state index is 13.8. The number of carbonyl (C=O) groups excluding carboxylic acids is 2. The number of nitrogens with one attached hydrogen (secondary N) is 1. The van der Waals surface area contributed by atoms with Gasteiger partial charge in [-0.2, -0.15) is 0 Å². The quantitative estimate of drug-likeness (QED) is 0.413. The van der Waals surface area contributed by atoms with Gasteiger partial charge in [0.25, 0.3) is 10.0 Å². The second kappa shape index (κ2) is 12.2. The highest BCUT2D eigenvalue weighted by Gasteiger charge is 2.33. The number of benzene rings is 3. The van der Waals surface area contributed by atoms with E-state index in [9.17, 15) is 22.4 Å². The normalized spacial score (nSPS) is 14.6. The minimum atomic E-state index is -4.17. The van der Waals surface area contributed by atoms with Gasteiger partial charge in [0, 0.05) is 12.6 Å². The summed E-state index contributed by atoms with van der Waals surface area (Å²) in [5, 5.41) is 3.04. The first kappa shape index (κ1) is 27.3. The molecule has 0 saturated heterocycles. The lowest BCUT2D eigenvalue weighted by atomic mass is 10.1. The van der Waals surface area contributed by atoms with E-state index >= 15 is 0 Å². The zero-order valence-electron chi connectivity index (χ0n) is 21.3. The molecule has 7 nitrogen and oxygen atoms in total. The third-order valence-corrected chi connectivity index (χ3v) is 8.58. The molecule has 38 heavy (non-hydrogen) atoms. The van der Waals surface area contributed by atoms with Crippen molar-refractivity contribution in [2.45, 2.75) is 56.1 Å². The third kappa shape index (κ3) is 6.58. The van der Waals surface area contributed by atoms with Gasteiger partial charge in [-0.3, -0.25) is 13.9 Å². The minimum Gasteiger partial charge on any atom is -0.352 e. The number of hydrogen-bond acceptors (Lipinski definition) is 4. The van der Waals surface area contributed by atoms with Gasteiger partial charge in [0.15, 0.2) is 0 Å². The molecule has 200 valence electrons. The molecule has 1 N–H and O–H groups in total. The van der Waals surface area contributed by atoms with E-state index in [0.717, 1.165) is 47.7 Å². The van der Waals surface area contributed by atoms with Crippen molar-refractivity contribution in [2.75, 3.05) is 10.8 Å². The first-order chi connectivity index (χ1) is 18.3. The summed E-state index contributed by atoms with van der Waals surface area (Å²) in [6, 6.07) is 21.2. The lowest BCUT2D eigenvalue weighted by Crippen LogP contribution is -2.52. The molecule has 0 bridgehead atoms. The number of carbonyl (C=O) groups is 2. The van der Waals surface area contributed by atoms with Crippen LogP contribution in [0.2, 0.25) is 0 Å². The molecular formula is C29H32FN3O4S. The van der Waals surface area contributed by atoms with Gasteiger partial charge in [0.05, 0.1) is 10.6 Å². The molecule has 1 aliphatic carbocycles. The van der Waals surface area contributed by atoms with Crippen LogP contribution in [0.15, 0.2) is 89.8 Å². The molecule has 4 rings (SSSR count). The van der Waals surface area contributed by atoms with Gasteiger partial charge in [0.2, 0.25) is 11.8 Å². The summed E-state index contributed by atoms with van der Waals surface area (Å²) in [7, 11) is -4.17. The molecule has 1 aliphatic rings. The summed E-state index contributed by atoms with van der Waals surface area (Å²) in [6.45, 7) is 1.22. The van der Waals surface area contributed by atoms with Gasteiger partial charge >= 0.3 is 0 Å². The predicted molar refractivity (Wildman–Crippen MR) is 144 cm³/mol. The number of hydrogen-bond donors (Lipinski definition) is 1. The molecule has 0 radical (unpaired) electrons. The maximum atomic E-state index is 13.8. The molecular weight excluding hydrogens is 505 g/mol. The van der Waals surface area contributed by atoms with E-state index in [1.807, 2.05) is 30.3 Å². The molecule has 1 fully saturated rings. The van der Waals surface area contributed by atoms with Gasteiger partial charge in [-0.05, 0) is 61.7 Å². The van der Waals surface area contributed by atoms with E-state index in [-0.39, 0.29) is 29.1 Å². The molecule has 3 aromatic rings. The Hall–Kier alpha value is -3.72. The second-order valence-corrected chi connectivity index (χ2v) is 11.3. The number of anilines is 1. The Morgan fingerprint density at radius 2 is 1.50 bits per heavy atom.